The predicted molar refractivity (Wildman–Crippen MR) is 168 cm³/mol. The average Bonchev–Trinajstić information content (AvgIpc) is 3.01. The Labute approximate surface area is 258 Å². The zero-order chi connectivity index (χ0) is 30.3. The van der Waals surface area contributed by atoms with Gasteiger partial charge in [-0.1, -0.05) is 122 Å². The molecule has 0 unspecified atom stereocenters. The molecule has 0 heterocycles. The van der Waals surface area contributed by atoms with Crippen LogP contribution in [0.2, 0.25) is 0 Å². The van der Waals surface area contributed by atoms with E-state index in [2.05, 4.69) is 15.9 Å². The number of carbonyl (C=O) groups is 1. The summed E-state index contributed by atoms with van der Waals surface area (Å²) >= 11 is 3.43. The van der Waals surface area contributed by atoms with E-state index in [9.17, 15) is 13.2 Å². The van der Waals surface area contributed by atoms with Crippen molar-refractivity contribution in [2.75, 3.05) is 11.9 Å². The molecule has 0 atom stereocenters. The molecule has 3 rings (SSSR count). The summed E-state index contributed by atoms with van der Waals surface area (Å²) in [6.07, 6.45) is 10.1. The third-order valence-corrected chi connectivity index (χ3v) is 12.4. The van der Waals surface area contributed by atoms with E-state index < -0.39 is 31.7 Å². The highest BCUT2D eigenvalue weighted by molar-refractivity contribution is 9.09. The maximum absolute atomic E-state index is 15.3. The lowest BCUT2D eigenvalue weighted by Crippen LogP contribution is -2.41. The first-order valence-electron chi connectivity index (χ1n) is 14.3. The van der Waals surface area contributed by atoms with Gasteiger partial charge in [0.15, 0.2) is 0 Å². The zero-order valence-corrected chi connectivity index (χ0v) is 26.9. The van der Waals surface area contributed by atoms with Crippen LogP contribution in [-0.2, 0) is 23.3 Å². The number of carbonyl (C=O) groups excluding carboxylic acids is 1. The van der Waals surface area contributed by atoms with Gasteiger partial charge in [-0.15, -0.1) is 0 Å². The van der Waals surface area contributed by atoms with Crippen LogP contribution in [-0.4, -0.2) is 31.6 Å². The number of ether oxygens (including phenoxy) is 1. The molecule has 230 valence electrons. The maximum Gasteiger partial charge on any atom is 0.466 e. The number of halogens is 3. The van der Waals surface area contributed by atoms with Crippen LogP contribution < -0.4 is 0 Å². The minimum Gasteiger partial charge on any atom is -0.460 e. The fourth-order valence-electron chi connectivity index (χ4n) is 4.50. The number of hydrogen-bond acceptors (Lipinski definition) is 5. The van der Waals surface area contributed by atoms with Crippen molar-refractivity contribution < 1.29 is 30.4 Å². The Bertz CT molecular complexity index is 1210. The molecule has 0 fully saturated rings. The average molecular weight is 686 g/mol. The fourth-order valence-corrected chi connectivity index (χ4v) is 9.96. The van der Waals surface area contributed by atoms with Gasteiger partial charge in [0.2, 0.25) is 0 Å². The van der Waals surface area contributed by atoms with Crippen molar-refractivity contribution in [3.05, 3.63) is 91.0 Å². The van der Waals surface area contributed by atoms with Gasteiger partial charge in [0.1, 0.15) is 0 Å². The van der Waals surface area contributed by atoms with Crippen LogP contribution in [0.15, 0.2) is 106 Å². The lowest BCUT2D eigenvalue weighted by molar-refractivity contribution is -0.161. The molecule has 3 aromatic carbocycles. The number of rotatable bonds is 19. The molecule has 3 aromatic rings. The van der Waals surface area contributed by atoms with Gasteiger partial charge in [-0.05, 0) is 59.5 Å². The summed E-state index contributed by atoms with van der Waals surface area (Å²) in [4.78, 5) is 13.6. The molecule has 5 nitrogen and oxygen atoms in total. The van der Waals surface area contributed by atoms with Gasteiger partial charge in [-0.25, -0.2) is 8.42 Å². The van der Waals surface area contributed by atoms with Gasteiger partial charge in [-0.2, -0.15) is 17.2 Å². The van der Waals surface area contributed by atoms with Gasteiger partial charge < -0.3 is 4.74 Å². The number of alkyl halides is 3. The van der Waals surface area contributed by atoms with E-state index in [1.807, 2.05) is 0 Å². The molecule has 0 saturated carbocycles. The van der Waals surface area contributed by atoms with E-state index in [0.717, 1.165) is 24.6 Å². The molecule has 42 heavy (non-hydrogen) atoms. The van der Waals surface area contributed by atoms with Crippen molar-refractivity contribution in [3.63, 3.8) is 0 Å². The van der Waals surface area contributed by atoms with E-state index in [4.69, 9.17) is 8.37 Å². The van der Waals surface area contributed by atoms with Crippen LogP contribution in [0.25, 0.3) is 0 Å². The van der Waals surface area contributed by atoms with Crippen molar-refractivity contribution in [1.29, 1.82) is 0 Å². The standard InChI is InChI=1S/C32H39BrF2O5S2/c33-26-18-7-5-3-1-2-4-6-8-19-27-39-31(36)32(34,35)42(37,38)40-41(28-20-12-9-13-21-28,29-22-14-10-15-23-29)30-24-16-11-17-25-30/h9-17,20-25H,1-8,18-19,26-27H2. The molecule has 0 radical (unpaired) electrons. The maximum atomic E-state index is 15.3. The van der Waals surface area contributed by atoms with E-state index in [1.165, 1.54) is 32.1 Å². The Balaban J connectivity index is 1.68. The third-order valence-electron chi connectivity index (χ3n) is 6.73. The van der Waals surface area contributed by atoms with Gasteiger partial charge >= 0.3 is 21.3 Å². The first-order valence-corrected chi connectivity index (χ1v) is 18.4. The fraction of sp³-hybridized carbons (Fsp3) is 0.406. The van der Waals surface area contributed by atoms with Gasteiger partial charge in [0.05, 0.1) is 6.61 Å². The summed E-state index contributed by atoms with van der Waals surface area (Å²) in [7, 11) is -9.03. The normalized spacial score (nSPS) is 12.6. The Morgan fingerprint density at radius 1 is 0.619 bits per heavy atom. The van der Waals surface area contributed by atoms with Crippen molar-refractivity contribution in [3.8, 4) is 0 Å². The molecule has 0 saturated heterocycles. The van der Waals surface area contributed by atoms with E-state index in [-0.39, 0.29) is 6.61 Å². The summed E-state index contributed by atoms with van der Waals surface area (Å²) in [5, 5.41) is -3.86. The Morgan fingerprint density at radius 2 is 0.976 bits per heavy atom. The van der Waals surface area contributed by atoms with Crippen LogP contribution >= 0.6 is 26.2 Å². The van der Waals surface area contributed by atoms with Crippen LogP contribution in [0.3, 0.4) is 0 Å². The summed E-state index contributed by atoms with van der Waals surface area (Å²) in [5.74, 6) is -2.13. The monoisotopic (exact) mass is 684 g/mol. The zero-order valence-electron chi connectivity index (χ0n) is 23.6. The smallest absolute Gasteiger partial charge is 0.460 e. The molecule has 0 aromatic heterocycles. The first-order chi connectivity index (χ1) is 20.3. The summed E-state index contributed by atoms with van der Waals surface area (Å²) < 4.78 is 67.6. The Morgan fingerprint density at radius 3 is 1.36 bits per heavy atom. The second kappa shape index (κ2) is 17.1. The molecule has 0 N–H and O–H groups in total. The summed E-state index contributed by atoms with van der Waals surface area (Å²) in [6.45, 7) is -0.287. The highest BCUT2D eigenvalue weighted by atomic mass is 79.9. The molecule has 0 bridgehead atoms. The SMILES string of the molecule is O=C(OCCCCCCCCCCCCBr)C(F)(F)S(=O)(=O)OS(c1ccccc1)(c1ccccc1)c1ccccc1. The number of esters is 1. The van der Waals surface area contributed by atoms with Crippen LogP contribution in [0.4, 0.5) is 8.78 Å². The van der Waals surface area contributed by atoms with Gasteiger partial charge in [0.25, 0.3) is 0 Å². The molecule has 10 heteroatoms. The lowest BCUT2D eigenvalue weighted by Gasteiger charge is -2.39. The second-order valence-electron chi connectivity index (χ2n) is 9.89. The van der Waals surface area contributed by atoms with E-state index in [0.29, 0.717) is 27.5 Å². The minimum atomic E-state index is -5.80. The quantitative estimate of drug-likeness (QED) is 0.0714. The molecule has 0 aliphatic rings. The van der Waals surface area contributed by atoms with Gasteiger partial charge in [0, 0.05) is 20.0 Å². The van der Waals surface area contributed by atoms with Crippen LogP contribution in [0.1, 0.15) is 64.2 Å². The van der Waals surface area contributed by atoms with Crippen molar-refractivity contribution in [2.24, 2.45) is 0 Å². The van der Waals surface area contributed by atoms with E-state index >= 15 is 8.78 Å². The first kappa shape index (κ1) is 34.2. The molecule has 0 aliphatic carbocycles. The van der Waals surface area contributed by atoms with E-state index in [1.54, 1.807) is 91.0 Å². The lowest BCUT2D eigenvalue weighted by atomic mass is 10.1. The summed E-state index contributed by atoms with van der Waals surface area (Å²) in [6, 6.07) is 25.1. The number of hydrogen-bond donors (Lipinski definition) is 0. The number of unbranched alkanes of at least 4 members (excludes halogenated alkanes) is 9. The third kappa shape index (κ3) is 9.11. The predicted octanol–water partition coefficient (Wildman–Crippen LogP) is 9.66. The number of benzene rings is 3. The highest BCUT2D eigenvalue weighted by Gasteiger charge is 2.58. The van der Waals surface area contributed by atoms with Crippen molar-refractivity contribution >= 4 is 42.3 Å². The Hall–Kier alpha value is -2.27. The van der Waals surface area contributed by atoms with Crippen LogP contribution in [0.5, 0.6) is 0 Å². The summed E-state index contributed by atoms with van der Waals surface area (Å²) in [5.41, 5.74) is 0. The molecule has 0 aliphatic heterocycles. The van der Waals surface area contributed by atoms with Gasteiger partial charge in [-0.3, -0.25) is 0 Å². The second-order valence-corrected chi connectivity index (χ2v) is 15.2. The largest absolute Gasteiger partial charge is 0.466 e. The molecule has 0 spiro atoms. The van der Waals surface area contributed by atoms with Crippen molar-refractivity contribution in [2.45, 2.75) is 84.1 Å². The highest BCUT2D eigenvalue weighted by Crippen LogP contribution is 2.70. The van der Waals surface area contributed by atoms with Crippen molar-refractivity contribution in [1.82, 2.24) is 0 Å². The van der Waals surface area contributed by atoms with Crippen LogP contribution in [0, 0.1) is 0 Å². The molecule has 0 amide bonds. The topological polar surface area (TPSA) is 69.7 Å². The minimum absolute atomic E-state index is 0.287. The molecular weight excluding hydrogens is 646 g/mol. The molecular formula is C32H39BrF2O5S2. The Kier molecular flexibility index (Phi) is 14.0.